The van der Waals surface area contributed by atoms with Crippen molar-refractivity contribution in [3.8, 4) is 11.8 Å². The van der Waals surface area contributed by atoms with Crippen molar-refractivity contribution in [1.29, 1.82) is 0 Å². The predicted molar refractivity (Wildman–Crippen MR) is 117 cm³/mol. The van der Waals surface area contributed by atoms with Gasteiger partial charge < -0.3 is 15.2 Å². The van der Waals surface area contributed by atoms with E-state index in [0.29, 0.717) is 18.3 Å². The Morgan fingerprint density at radius 3 is 2.60 bits per heavy atom. The molecule has 0 unspecified atom stereocenters. The van der Waals surface area contributed by atoms with Crippen LogP contribution in [0.1, 0.15) is 50.2 Å². The van der Waals surface area contributed by atoms with Crippen LogP contribution in [0.25, 0.3) is 0 Å². The highest BCUT2D eigenvalue weighted by atomic mass is 16.5. The van der Waals surface area contributed by atoms with Gasteiger partial charge in [0.15, 0.2) is 0 Å². The van der Waals surface area contributed by atoms with Gasteiger partial charge in [0.2, 0.25) is 5.91 Å². The number of aliphatic hydroxyl groups is 1. The predicted octanol–water partition coefficient (Wildman–Crippen LogP) is 2.56. The van der Waals surface area contributed by atoms with E-state index in [-0.39, 0.29) is 24.7 Å². The highest BCUT2D eigenvalue weighted by Crippen LogP contribution is 2.39. The number of amides is 1. The SMILES string of the molecule is CC(=O)N[C@@H]1C[C@@H]2CN(Cc3ccc(C#CCCO)cc3)C[C@@H]2C[C@H]1OCC1CC1. The summed E-state index contributed by atoms with van der Waals surface area (Å²) in [6.07, 6.45) is 5.34. The largest absolute Gasteiger partial charge is 0.395 e. The highest BCUT2D eigenvalue weighted by Gasteiger charge is 2.43. The van der Waals surface area contributed by atoms with Gasteiger partial charge in [-0.3, -0.25) is 9.69 Å². The number of carbonyl (C=O) groups excluding carboxylic acids is 1. The van der Waals surface area contributed by atoms with Crippen LogP contribution in [-0.4, -0.2) is 54.4 Å². The first-order valence-electron chi connectivity index (χ1n) is 11.4. The van der Waals surface area contributed by atoms with Crippen LogP contribution in [0.15, 0.2) is 24.3 Å². The smallest absolute Gasteiger partial charge is 0.217 e. The first kappa shape index (κ1) is 21.4. The number of likely N-dealkylation sites (tertiary alicyclic amines) is 1. The van der Waals surface area contributed by atoms with E-state index in [1.807, 2.05) is 0 Å². The molecule has 1 saturated heterocycles. The zero-order chi connectivity index (χ0) is 20.9. The second-order valence-electron chi connectivity index (χ2n) is 9.28. The molecule has 2 N–H and O–H groups in total. The number of nitrogens with zero attached hydrogens (tertiary/aromatic N) is 1. The number of rotatable bonds is 7. The molecule has 4 rings (SSSR count). The average molecular weight is 411 g/mol. The summed E-state index contributed by atoms with van der Waals surface area (Å²) in [5, 5.41) is 12.0. The molecular weight excluding hydrogens is 376 g/mol. The van der Waals surface area contributed by atoms with E-state index >= 15 is 0 Å². The van der Waals surface area contributed by atoms with E-state index in [1.165, 1.54) is 18.4 Å². The number of nitrogens with one attached hydrogen (secondary N) is 1. The monoisotopic (exact) mass is 410 g/mol. The summed E-state index contributed by atoms with van der Waals surface area (Å²) in [6.45, 7) is 5.73. The second kappa shape index (κ2) is 9.96. The molecule has 0 bridgehead atoms. The molecule has 0 radical (unpaired) electrons. The molecule has 3 fully saturated rings. The van der Waals surface area contributed by atoms with Gasteiger partial charge in [0.05, 0.1) is 18.8 Å². The van der Waals surface area contributed by atoms with Crippen molar-refractivity contribution in [2.45, 2.75) is 57.7 Å². The minimum absolute atomic E-state index is 0.0514. The molecule has 0 spiro atoms. The summed E-state index contributed by atoms with van der Waals surface area (Å²) in [7, 11) is 0. The Bertz CT molecular complexity index is 778. The van der Waals surface area contributed by atoms with Crippen LogP contribution >= 0.6 is 0 Å². The van der Waals surface area contributed by atoms with E-state index in [1.54, 1.807) is 6.92 Å². The molecule has 1 aromatic carbocycles. The van der Waals surface area contributed by atoms with E-state index < -0.39 is 0 Å². The molecule has 2 aliphatic carbocycles. The van der Waals surface area contributed by atoms with Crippen LogP contribution in [0, 0.1) is 29.6 Å². The summed E-state index contributed by atoms with van der Waals surface area (Å²) in [5.41, 5.74) is 2.30. The van der Waals surface area contributed by atoms with Gasteiger partial charge in [-0.05, 0) is 61.1 Å². The lowest BCUT2D eigenvalue weighted by atomic mass is 9.77. The first-order chi connectivity index (χ1) is 14.6. The van der Waals surface area contributed by atoms with E-state index in [9.17, 15) is 4.79 Å². The van der Waals surface area contributed by atoms with Gasteiger partial charge in [-0.1, -0.05) is 24.0 Å². The molecule has 5 nitrogen and oxygen atoms in total. The number of hydrogen-bond donors (Lipinski definition) is 2. The van der Waals surface area contributed by atoms with Crippen molar-refractivity contribution >= 4 is 5.91 Å². The van der Waals surface area contributed by atoms with Crippen molar-refractivity contribution in [1.82, 2.24) is 10.2 Å². The molecule has 3 aliphatic rings. The zero-order valence-corrected chi connectivity index (χ0v) is 18.0. The third-order valence-corrected chi connectivity index (χ3v) is 6.65. The Hall–Kier alpha value is -1.87. The fourth-order valence-electron chi connectivity index (χ4n) is 4.95. The number of carbonyl (C=O) groups is 1. The minimum atomic E-state index is 0.0514. The van der Waals surface area contributed by atoms with Crippen LogP contribution in [0.3, 0.4) is 0 Å². The Morgan fingerprint density at radius 2 is 1.93 bits per heavy atom. The van der Waals surface area contributed by atoms with Crippen LogP contribution < -0.4 is 5.32 Å². The lowest BCUT2D eigenvalue weighted by molar-refractivity contribution is -0.122. The molecule has 5 heteroatoms. The summed E-state index contributed by atoms with van der Waals surface area (Å²) < 4.78 is 6.27. The lowest BCUT2D eigenvalue weighted by Crippen LogP contribution is -2.50. The summed E-state index contributed by atoms with van der Waals surface area (Å²) in [4.78, 5) is 14.3. The van der Waals surface area contributed by atoms with Gasteiger partial charge in [-0.25, -0.2) is 0 Å². The fraction of sp³-hybridized carbons (Fsp3) is 0.640. The third kappa shape index (κ3) is 5.85. The van der Waals surface area contributed by atoms with Gasteiger partial charge in [0, 0.05) is 45.1 Å². The molecule has 4 atom stereocenters. The molecule has 1 heterocycles. The topological polar surface area (TPSA) is 61.8 Å². The number of ether oxygens (including phenoxy) is 1. The molecule has 1 amide bonds. The van der Waals surface area contributed by atoms with Crippen molar-refractivity contribution in [2.75, 3.05) is 26.3 Å². The Kier molecular flexibility index (Phi) is 7.09. The molecule has 2 saturated carbocycles. The molecule has 1 aromatic rings. The number of fused-ring (bicyclic) bond motifs is 1. The Labute approximate surface area is 180 Å². The van der Waals surface area contributed by atoms with Gasteiger partial charge >= 0.3 is 0 Å². The number of hydrogen-bond acceptors (Lipinski definition) is 4. The standard InChI is InChI=1S/C25H34N2O3/c1-18(29)26-24-12-22-15-27(16-23(22)13-25(24)30-17-21-9-10-21)14-20-7-5-19(6-8-20)4-2-3-11-28/h5-8,21-25,28H,3,9-17H2,1H3,(H,26,29)/t22-,23+,24-,25-/m1/s1. The minimum Gasteiger partial charge on any atom is -0.395 e. The summed E-state index contributed by atoms with van der Waals surface area (Å²) in [6, 6.07) is 8.60. The van der Waals surface area contributed by atoms with Gasteiger partial charge in [-0.2, -0.15) is 0 Å². The van der Waals surface area contributed by atoms with Crippen LogP contribution in [-0.2, 0) is 16.1 Å². The molecule has 162 valence electrons. The van der Waals surface area contributed by atoms with Crippen LogP contribution in [0.5, 0.6) is 0 Å². The Morgan fingerprint density at radius 1 is 1.20 bits per heavy atom. The van der Waals surface area contributed by atoms with Gasteiger partial charge in [-0.15, -0.1) is 0 Å². The van der Waals surface area contributed by atoms with Crippen molar-refractivity contribution in [3.63, 3.8) is 0 Å². The van der Waals surface area contributed by atoms with Crippen LogP contribution in [0.2, 0.25) is 0 Å². The fourth-order valence-corrected chi connectivity index (χ4v) is 4.95. The van der Waals surface area contributed by atoms with E-state index in [2.05, 4.69) is 46.3 Å². The third-order valence-electron chi connectivity index (χ3n) is 6.65. The molecule has 1 aliphatic heterocycles. The van der Waals surface area contributed by atoms with Gasteiger partial charge in [0.1, 0.15) is 0 Å². The van der Waals surface area contributed by atoms with Gasteiger partial charge in [0.25, 0.3) is 0 Å². The first-order valence-corrected chi connectivity index (χ1v) is 11.4. The maximum absolute atomic E-state index is 11.7. The highest BCUT2D eigenvalue weighted by molar-refractivity contribution is 5.73. The maximum atomic E-state index is 11.7. The second-order valence-corrected chi connectivity index (χ2v) is 9.28. The Balaban J connectivity index is 1.33. The van der Waals surface area contributed by atoms with Crippen molar-refractivity contribution < 1.29 is 14.6 Å². The van der Waals surface area contributed by atoms with Crippen LogP contribution in [0.4, 0.5) is 0 Å². The normalized spacial score (nSPS) is 28.5. The molecular formula is C25H34N2O3. The lowest BCUT2D eigenvalue weighted by Gasteiger charge is -2.38. The maximum Gasteiger partial charge on any atom is 0.217 e. The summed E-state index contributed by atoms with van der Waals surface area (Å²) in [5.74, 6) is 8.14. The number of benzene rings is 1. The van der Waals surface area contributed by atoms with Crippen molar-refractivity contribution in [2.24, 2.45) is 17.8 Å². The summed E-state index contributed by atoms with van der Waals surface area (Å²) >= 11 is 0. The quantitative estimate of drug-likeness (QED) is 0.679. The average Bonchev–Trinajstić information content (AvgIpc) is 3.47. The van der Waals surface area contributed by atoms with Crippen molar-refractivity contribution in [3.05, 3.63) is 35.4 Å². The van der Waals surface area contributed by atoms with E-state index in [0.717, 1.165) is 50.6 Å². The number of aliphatic hydroxyl groups excluding tert-OH is 1. The molecule has 30 heavy (non-hydrogen) atoms. The molecule has 0 aromatic heterocycles. The van der Waals surface area contributed by atoms with E-state index in [4.69, 9.17) is 9.84 Å². The zero-order valence-electron chi connectivity index (χ0n) is 18.0.